The summed E-state index contributed by atoms with van der Waals surface area (Å²) < 4.78 is 6.34. The Morgan fingerprint density at radius 2 is 1.91 bits per heavy atom. The van der Waals surface area contributed by atoms with E-state index in [1.807, 2.05) is 25.1 Å². The number of nitrogens with one attached hydrogen (secondary N) is 2. The number of halogens is 1. The Labute approximate surface area is 209 Å². The van der Waals surface area contributed by atoms with Gasteiger partial charge in [-0.15, -0.1) is 0 Å². The van der Waals surface area contributed by atoms with Gasteiger partial charge in [-0.2, -0.15) is 0 Å². The number of nitrogens with zero attached hydrogens (tertiary/aromatic N) is 2. The van der Waals surface area contributed by atoms with Crippen LogP contribution in [0.25, 0.3) is 0 Å². The summed E-state index contributed by atoms with van der Waals surface area (Å²) in [6, 6.07) is 12.9. The third kappa shape index (κ3) is 6.08. The minimum Gasteiger partial charge on any atom is -0.490 e. The first-order valence-electron chi connectivity index (χ1n) is 11.1. The van der Waals surface area contributed by atoms with Gasteiger partial charge in [-0.1, -0.05) is 29.9 Å². The lowest BCUT2D eigenvalue weighted by Gasteiger charge is -2.28. The lowest BCUT2D eigenvalue weighted by Crippen LogP contribution is -2.32. The van der Waals surface area contributed by atoms with Gasteiger partial charge in [-0.05, 0) is 74.6 Å². The van der Waals surface area contributed by atoms with Crippen LogP contribution in [-0.4, -0.2) is 33.0 Å². The quantitative estimate of drug-likeness (QED) is 0.407. The van der Waals surface area contributed by atoms with Gasteiger partial charge in [-0.3, -0.25) is 4.79 Å². The summed E-state index contributed by atoms with van der Waals surface area (Å²) in [5, 5.41) is 6.38. The summed E-state index contributed by atoms with van der Waals surface area (Å²) >= 11 is 11.6. The van der Waals surface area contributed by atoms with Crippen molar-refractivity contribution < 1.29 is 9.53 Å². The van der Waals surface area contributed by atoms with Gasteiger partial charge in [0.25, 0.3) is 5.91 Å². The summed E-state index contributed by atoms with van der Waals surface area (Å²) in [4.78, 5) is 21.7. The van der Waals surface area contributed by atoms with Gasteiger partial charge < -0.3 is 21.1 Å². The molecule has 3 aromatic rings. The van der Waals surface area contributed by atoms with Crippen molar-refractivity contribution in [2.24, 2.45) is 5.73 Å². The Hall–Kier alpha value is -3.07. The second-order valence-electron chi connectivity index (χ2n) is 8.32. The van der Waals surface area contributed by atoms with Crippen LogP contribution >= 0.6 is 23.8 Å². The molecule has 0 unspecified atom stereocenters. The zero-order chi connectivity index (χ0) is 24.1. The van der Waals surface area contributed by atoms with E-state index in [9.17, 15) is 4.79 Å². The van der Waals surface area contributed by atoms with Crippen molar-refractivity contribution in [2.75, 3.05) is 10.6 Å². The summed E-state index contributed by atoms with van der Waals surface area (Å²) in [7, 11) is 0. The molecule has 0 atom stereocenters. The number of aromatic nitrogens is 2. The van der Waals surface area contributed by atoms with Crippen molar-refractivity contribution in [3.05, 3.63) is 76.7 Å². The maximum absolute atomic E-state index is 12.9. The molecule has 0 saturated heterocycles. The van der Waals surface area contributed by atoms with Gasteiger partial charge in [0.2, 0.25) is 0 Å². The Balaban J connectivity index is 1.52. The molecule has 1 saturated carbocycles. The second-order valence-corrected chi connectivity index (χ2v) is 9.17. The number of benzene rings is 1. The molecule has 1 aromatic carbocycles. The lowest BCUT2D eigenvalue weighted by molar-refractivity contribution is 0.102. The van der Waals surface area contributed by atoms with Gasteiger partial charge in [0, 0.05) is 18.4 Å². The zero-order valence-corrected chi connectivity index (χ0v) is 20.3. The molecule has 4 N–H and O–H groups in total. The smallest absolute Gasteiger partial charge is 0.277 e. The normalized spacial score (nSPS) is 17.6. The molecule has 2 aromatic heterocycles. The molecular formula is C25H26ClN5O2S. The minimum absolute atomic E-state index is 0.106. The van der Waals surface area contributed by atoms with E-state index < -0.39 is 5.91 Å². The largest absolute Gasteiger partial charge is 0.490 e. The van der Waals surface area contributed by atoms with Crippen LogP contribution in [0.3, 0.4) is 0 Å². The van der Waals surface area contributed by atoms with E-state index in [1.54, 1.807) is 30.5 Å². The Morgan fingerprint density at radius 3 is 2.65 bits per heavy atom. The predicted octanol–water partition coefficient (Wildman–Crippen LogP) is 5.13. The van der Waals surface area contributed by atoms with Crippen LogP contribution in [0, 0.1) is 6.92 Å². The zero-order valence-electron chi connectivity index (χ0n) is 18.8. The molecule has 4 rings (SSSR count). The Bertz CT molecular complexity index is 1180. The topological polar surface area (TPSA) is 102 Å². The van der Waals surface area contributed by atoms with E-state index in [0.29, 0.717) is 21.5 Å². The number of carbonyl (C=O) groups is 1. The van der Waals surface area contributed by atoms with Crippen LogP contribution in [0.5, 0.6) is 5.75 Å². The number of carbonyl (C=O) groups excluding carboxylic acids is 1. The fourth-order valence-electron chi connectivity index (χ4n) is 3.80. The summed E-state index contributed by atoms with van der Waals surface area (Å²) in [5.74, 6) is 0.674. The number of thiocarbonyl (C=S) groups is 1. The third-order valence-corrected chi connectivity index (χ3v) is 6.18. The van der Waals surface area contributed by atoms with E-state index in [4.69, 9.17) is 34.3 Å². The van der Waals surface area contributed by atoms with Crippen LogP contribution in [-0.2, 0) is 0 Å². The van der Waals surface area contributed by atoms with Crippen molar-refractivity contribution in [3.8, 4) is 5.75 Å². The van der Waals surface area contributed by atoms with Gasteiger partial charge >= 0.3 is 0 Å². The number of amides is 1. The highest BCUT2D eigenvalue weighted by molar-refractivity contribution is 7.81. The molecule has 0 aliphatic heterocycles. The first kappa shape index (κ1) is 24.1. The molecule has 0 bridgehead atoms. The van der Waals surface area contributed by atoms with Gasteiger partial charge in [0.15, 0.2) is 5.69 Å². The number of hydrogen-bond acceptors (Lipinski definition) is 6. The number of ether oxygens (including phenoxy) is 1. The van der Waals surface area contributed by atoms with E-state index in [-0.39, 0.29) is 17.8 Å². The van der Waals surface area contributed by atoms with E-state index in [1.165, 1.54) is 6.20 Å². The van der Waals surface area contributed by atoms with E-state index >= 15 is 0 Å². The highest BCUT2D eigenvalue weighted by Crippen LogP contribution is 2.28. The fraction of sp³-hybridized carbons (Fsp3) is 0.280. The molecule has 1 aliphatic rings. The number of nitrogens with two attached hydrogens (primary N) is 1. The number of pyridine rings is 2. The molecule has 2 heterocycles. The molecule has 1 amide bonds. The molecule has 7 nitrogen and oxygen atoms in total. The number of aryl methyl sites for hydroxylation is 1. The van der Waals surface area contributed by atoms with Crippen LogP contribution < -0.4 is 21.1 Å². The number of rotatable bonds is 6. The van der Waals surface area contributed by atoms with Crippen LogP contribution in [0.1, 0.15) is 47.3 Å². The molecule has 34 heavy (non-hydrogen) atoms. The third-order valence-electron chi connectivity index (χ3n) is 5.63. The Morgan fingerprint density at radius 1 is 1.12 bits per heavy atom. The minimum atomic E-state index is -0.417. The lowest BCUT2D eigenvalue weighted by atomic mass is 9.93. The number of hydrogen-bond donors (Lipinski definition) is 3. The highest BCUT2D eigenvalue weighted by Gasteiger charge is 2.22. The van der Waals surface area contributed by atoms with Crippen LogP contribution in [0.15, 0.2) is 54.9 Å². The monoisotopic (exact) mass is 495 g/mol. The van der Waals surface area contributed by atoms with Crippen molar-refractivity contribution in [3.63, 3.8) is 0 Å². The van der Waals surface area contributed by atoms with E-state index in [0.717, 1.165) is 42.6 Å². The predicted molar refractivity (Wildman–Crippen MR) is 139 cm³/mol. The van der Waals surface area contributed by atoms with Gasteiger partial charge in [0.05, 0.1) is 22.4 Å². The van der Waals surface area contributed by atoms with Gasteiger partial charge in [0.1, 0.15) is 16.6 Å². The summed E-state index contributed by atoms with van der Waals surface area (Å²) in [6.45, 7) is 2.01. The van der Waals surface area contributed by atoms with E-state index in [2.05, 4.69) is 20.6 Å². The standard InChI is InChI=1S/C25H26ClN5O2S/c1-15-4-10-19(21(13-15)33-18-8-6-17(27)7-9-18)25(34)30-20-3-2-12-28-23(20)24(32)31-22-11-5-16(26)14-29-22/h2-5,10-14,17-18H,6-9,27H2,1H3,(H,30,34)(H,29,31,32). The molecule has 0 spiro atoms. The molecule has 1 fully saturated rings. The number of anilines is 2. The molecule has 9 heteroatoms. The highest BCUT2D eigenvalue weighted by atomic mass is 35.5. The molecule has 0 radical (unpaired) electrons. The Kier molecular flexibility index (Phi) is 7.72. The summed E-state index contributed by atoms with van der Waals surface area (Å²) in [6.07, 6.45) is 6.85. The maximum atomic E-state index is 12.9. The second kappa shape index (κ2) is 10.9. The maximum Gasteiger partial charge on any atom is 0.277 e. The molecular weight excluding hydrogens is 470 g/mol. The fourth-order valence-corrected chi connectivity index (χ4v) is 4.19. The first-order valence-corrected chi connectivity index (χ1v) is 11.9. The average molecular weight is 496 g/mol. The van der Waals surface area contributed by atoms with Crippen molar-refractivity contribution >= 4 is 46.2 Å². The SMILES string of the molecule is Cc1ccc(C(=S)Nc2cccnc2C(=O)Nc2ccc(Cl)cn2)c(OC2CCC(N)CC2)c1. The van der Waals surface area contributed by atoms with Crippen molar-refractivity contribution in [1.82, 2.24) is 9.97 Å². The van der Waals surface area contributed by atoms with Crippen LogP contribution in [0.4, 0.5) is 11.5 Å². The molecule has 176 valence electrons. The summed E-state index contributed by atoms with van der Waals surface area (Å²) in [5.41, 5.74) is 8.54. The first-order chi connectivity index (χ1) is 16.4. The average Bonchev–Trinajstić information content (AvgIpc) is 2.82. The van der Waals surface area contributed by atoms with Crippen molar-refractivity contribution in [1.29, 1.82) is 0 Å². The van der Waals surface area contributed by atoms with Gasteiger partial charge in [-0.25, -0.2) is 9.97 Å². The van der Waals surface area contributed by atoms with Crippen molar-refractivity contribution in [2.45, 2.75) is 44.8 Å². The van der Waals surface area contributed by atoms with Crippen LogP contribution in [0.2, 0.25) is 5.02 Å². The molecule has 1 aliphatic carbocycles.